The second-order valence-electron chi connectivity index (χ2n) is 5.30. The highest BCUT2D eigenvalue weighted by molar-refractivity contribution is 8.03. The number of benzene rings is 1. The third-order valence-electron chi connectivity index (χ3n) is 3.83. The molecule has 1 amide bonds. The third-order valence-corrected chi connectivity index (χ3v) is 4.73. The summed E-state index contributed by atoms with van der Waals surface area (Å²) in [4.78, 5) is 35.8. The Labute approximate surface area is 154 Å². The SMILES string of the molecule is CCOC(=O)[C@@H]1C(=O)NC(SCC)=C(C#N)[C@@H]1c1ccccc1[N+](=O)[O-]. The van der Waals surface area contributed by atoms with Crippen LogP contribution in [0, 0.1) is 27.4 Å². The molecule has 2 rings (SSSR count). The van der Waals surface area contributed by atoms with Crippen LogP contribution in [0.1, 0.15) is 25.3 Å². The highest BCUT2D eigenvalue weighted by Crippen LogP contribution is 2.43. The number of amides is 1. The van der Waals surface area contributed by atoms with Crippen molar-refractivity contribution in [2.24, 2.45) is 5.92 Å². The molecular weight excluding hydrogens is 358 g/mol. The zero-order valence-corrected chi connectivity index (χ0v) is 15.0. The number of ether oxygens (including phenoxy) is 1. The van der Waals surface area contributed by atoms with E-state index >= 15 is 0 Å². The first kappa shape index (κ1) is 19.5. The summed E-state index contributed by atoms with van der Waals surface area (Å²) in [6, 6.07) is 7.81. The van der Waals surface area contributed by atoms with E-state index < -0.39 is 28.6 Å². The van der Waals surface area contributed by atoms with Crippen molar-refractivity contribution in [3.05, 3.63) is 50.5 Å². The fourth-order valence-corrected chi connectivity index (χ4v) is 3.61. The van der Waals surface area contributed by atoms with Crippen LogP contribution in [0.3, 0.4) is 0 Å². The molecule has 9 heteroatoms. The molecule has 0 spiro atoms. The summed E-state index contributed by atoms with van der Waals surface area (Å²) < 4.78 is 4.98. The number of nitro groups is 1. The molecule has 136 valence electrons. The van der Waals surface area contributed by atoms with Gasteiger partial charge >= 0.3 is 5.97 Å². The van der Waals surface area contributed by atoms with Crippen LogP contribution in [-0.4, -0.2) is 29.2 Å². The minimum Gasteiger partial charge on any atom is -0.465 e. The number of rotatable bonds is 6. The number of hydrogen-bond acceptors (Lipinski definition) is 7. The van der Waals surface area contributed by atoms with Crippen LogP contribution in [0.15, 0.2) is 34.9 Å². The van der Waals surface area contributed by atoms with E-state index in [2.05, 4.69) is 5.32 Å². The molecule has 1 N–H and O–H groups in total. The van der Waals surface area contributed by atoms with Crippen LogP contribution in [0.4, 0.5) is 5.69 Å². The summed E-state index contributed by atoms with van der Waals surface area (Å²) in [5.41, 5.74) is -0.00458. The smallest absolute Gasteiger partial charge is 0.319 e. The molecule has 0 fully saturated rings. The Hall–Kier alpha value is -2.86. The number of carbonyl (C=O) groups is 2. The molecule has 0 aliphatic carbocycles. The first-order valence-electron chi connectivity index (χ1n) is 7.94. The Balaban J connectivity index is 2.72. The largest absolute Gasteiger partial charge is 0.465 e. The van der Waals surface area contributed by atoms with E-state index in [0.717, 1.165) is 0 Å². The number of nitrogens with zero attached hydrogens (tertiary/aromatic N) is 2. The number of nitriles is 1. The minimum absolute atomic E-state index is 0.0500. The molecule has 0 radical (unpaired) electrons. The monoisotopic (exact) mass is 375 g/mol. The molecule has 0 unspecified atom stereocenters. The van der Waals surface area contributed by atoms with Crippen molar-refractivity contribution in [1.82, 2.24) is 5.32 Å². The molecule has 0 bridgehead atoms. The number of allylic oxidation sites excluding steroid dienone is 1. The minimum atomic E-state index is -1.37. The summed E-state index contributed by atoms with van der Waals surface area (Å²) in [6.07, 6.45) is 0. The topological polar surface area (TPSA) is 122 Å². The van der Waals surface area contributed by atoms with Gasteiger partial charge in [-0.3, -0.25) is 19.7 Å². The van der Waals surface area contributed by atoms with E-state index in [0.29, 0.717) is 10.8 Å². The number of thioether (sulfide) groups is 1. The molecule has 0 saturated carbocycles. The van der Waals surface area contributed by atoms with Gasteiger partial charge in [0, 0.05) is 11.6 Å². The molecular formula is C17H17N3O5S. The zero-order chi connectivity index (χ0) is 19.3. The zero-order valence-electron chi connectivity index (χ0n) is 14.2. The van der Waals surface area contributed by atoms with E-state index in [4.69, 9.17) is 4.74 Å². The van der Waals surface area contributed by atoms with Gasteiger partial charge in [0.25, 0.3) is 5.69 Å². The standard InChI is InChI=1S/C17H17N3O5S/c1-3-25-17(22)14-13(10-7-5-6-8-12(10)20(23)24)11(9-18)16(26-4-2)19-15(14)21/h5-8,13-14H,3-4H2,1-2H3,(H,19,21)/t13-,14-/m0/s1. The van der Waals surface area contributed by atoms with Crippen molar-refractivity contribution in [3.8, 4) is 6.07 Å². The molecule has 8 nitrogen and oxygen atoms in total. The predicted molar refractivity (Wildman–Crippen MR) is 94.9 cm³/mol. The van der Waals surface area contributed by atoms with E-state index in [1.165, 1.54) is 30.0 Å². The third kappa shape index (κ3) is 3.70. The summed E-state index contributed by atoms with van der Waals surface area (Å²) in [6.45, 7) is 3.49. The van der Waals surface area contributed by atoms with Gasteiger partial charge in [-0.2, -0.15) is 5.26 Å². The lowest BCUT2D eigenvalue weighted by Gasteiger charge is -2.30. The second-order valence-corrected chi connectivity index (χ2v) is 6.57. The Morgan fingerprint density at radius 2 is 2.12 bits per heavy atom. The van der Waals surface area contributed by atoms with Crippen molar-refractivity contribution < 1.29 is 19.2 Å². The van der Waals surface area contributed by atoms with Crippen LogP contribution < -0.4 is 5.32 Å². The number of nitrogens with one attached hydrogen (secondary N) is 1. The Bertz CT molecular complexity index is 815. The molecule has 1 aromatic rings. The molecule has 0 saturated heterocycles. The fourth-order valence-electron chi connectivity index (χ4n) is 2.82. The Morgan fingerprint density at radius 3 is 2.69 bits per heavy atom. The molecule has 26 heavy (non-hydrogen) atoms. The van der Waals surface area contributed by atoms with Crippen molar-refractivity contribution in [1.29, 1.82) is 5.26 Å². The maximum absolute atomic E-state index is 12.6. The average molecular weight is 375 g/mol. The molecule has 1 aliphatic rings. The van der Waals surface area contributed by atoms with Gasteiger partial charge in [-0.25, -0.2) is 0 Å². The Kier molecular flexibility index (Phi) is 6.36. The quantitative estimate of drug-likeness (QED) is 0.351. The van der Waals surface area contributed by atoms with Crippen LogP contribution >= 0.6 is 11.8 Å². The summed E-state index contributed by atoms with van der Waals surface area (Å²) >= 11 is 1.23. The second kappa shape index (κ2) is 8.49. The molecule has 1 aromatic carbocycles. The number of esters is 1. The average Bonchev–Trinajstić information content (AvgIpc) is 2.61. The lowest BCUT2D eigenvalue weighted by Crippen LogP contribution is -2.44. The highest BCUT2D eigenvalue weighted by Gasteiger charge is 2.46. The van der Waals surface area contributed by atoms with Crippen molar-refractivity contribution in [3.63, 3.8) is 0 Å². The van der Waals surface area contributed by atoms with Crippen LogP contribution in [0.5, 0.6) is 0 Å². The fraction of sp³-hybridized carbons (Fsp3) is 0.353. The molecule has 0 aromatic heterocycles. The predicted octanol–water partition coefficient (Wildman–Crippen LogP) is 2.48. The van der Waals surface area contributed by atoms with Gasteiger partial charge in [0.1, 0.15) is 5.92 Å². The molecule has 1 aliphatic heterocycles. The maximum Gasteiger partial charge on any atom is 0.319 e. The van der Waals surface area contributed by atoms with Gasteiger partial charge in [0.05, 0.1) is 34.1 Å². The number of hydrogen-bond donors (Lipinski definition) is 1. The van der Waals surface area contributed by atoms with E-state index in [-0.39, 0.29) is 23.4 Å². The van der Waals surface area contributed by atoms with Gasteiger partial charge in [0.2, 0.25) is 5.91 Å². The van der Waals surface area contributed by atoms with Gasteiger partial charge in [0.15, 0.2) is 0 Å². The van der Waals surface area contributed by atoms with Gasteiger partial charge in [-0.1, -0.05) is 25.1 Å². The number of para-hydroxylation sites is 1. The van der Waals surface area contributed by atoms with E-state index in [1.807, 2.05) is 13.0 Å². The van der Waals surface area contributed by atoms with Crippen molar-refractivity contribution >= 4 is 29.3 Å². The summed E-state index contributed by atoms with van der Waals surface area (Å²) in [7, 11) is 0. The first-order valence-corrected chi connectivity index (χ1v) is 8.92. The van der Waals surface area contributed by atoms with Gasteiger partial charge < -0.3 is 10.1 Å². The normalized spacial score (nSPS) is 19.5. The van der Waals surface area contributed by atoms with E-state index in [9.17, 15) is 25.0 Å². The molecule has 2 atom stereocenters. The van der Waals surface area contributed by atoms with Crippen LogP contribution in [-0.2, 0) is 14.3 Å². The lowest BCUT2D eigenvalue weighted by atomic mass is 9.78. The summed E-state index contributed by atoms with van der Waals surface area (Å²) in [5, 5.41) is 24.0. The van der Waals surface area contributed by atoms with Crippen molar-refractivity contribution in [2.75, 3.05) is 12.4 Å². The van der Waals surface area contributed by atoms with Crippen molar-refractivity contribution in [2.45, 2.75) is 19.8 Å². The lowest BCUT2D eigenvalue weighted by molar-refractivity contribution is -0.385. The Morgan fingerprint density at radius 1 is 1.42 bits per heavy atom. The highest BCUT2D eigenvalue weighted by atomic mass is 32.2. The maximum atomic E-state index is 12.6. The van der Waals surface area contributed by atoms with Gasteiger partial charge in [-0.05, 0) is 12.7 Å². The molecule has 1 heterocycles. The van der Waals surface area contributed by atoms with Crippen LogP contribution in [0.2, 0.25) is 0 Å². The summed E-state index contributed by atoms with van der Waals surface area (Å²) in [5.74, 6) is -3.33. The first-order chi connectivity index (χ1) is 12.5. The number of nitro benzene ring substituents is 1. The van der Waals surface area contributed by atoms with Crippen LogP contribution in [0.25, 0.3) is 0 Å². The van der Waals surface area contributed by atoms with E-state index in [1.54, 1.807) is 13.0 Å². The number of carbonyl (C=O) groups excluding carboxylic acids is 2. The van der Waals surface area contributed by atoms with Gasteiger partial charge in [-0.15, -0.1) is 11.8 Å².